The first kappa shape index (κ1) is 22.3. The van der Waals surface area contributed by atoms with Crippen LogP contribution in [0.2, 0.25) is 0 Å². The molecule has 1 aliphatic rings. The van der Waals surface area contributed by atoms with Crippen LogP contribution < -0.4 is 15.0 Å². The highest BCUT2D eigenvalue weighted by Crippen LogP contribution is 2.31. The van der Waals surface area contributed by atoms with Gasteiger partial charge in [-0.1, -0.05) is 30.3 Å². The van der Waals surface area contributed by atoms with Gasteiger partial charge in [-0.15, -0.1) is 0 Å². The van der Waals surface area contributed by atoms with Crippen LogP contribution in [0.4, 0.5) is 11.4 Å². The molecule has 0 atom stereocenters. The Hall–Kier alpha value is -3.94. The van der Waals surface area contributed by atoms with E-state index in [4.69, 9.17) is 4.74 Å². The Kier molecular flexibility index (Phi) is 7.14. The van der Waals surface area contributed by atoms with Gasteiger partial charge in [0.05, 0.1) is 10.6 Å². The lowest BCUT2D eigenvalue weighted by atomic mass is 9.95. The largest absolute Gasteiger partial charge is 0.487 e. The third kappa shape index (κ3) is 5.85. The lowest BCUT2D eigenvalue weighted by molar-refractivity contribution is -0.384. The fraction of sp³-hybridized carbons (Fsp3) is 0.280. The molecular formula is C25H26N4O4. The van der Waals surface area contributed by atoms with E-state index in [1.165, 1.54) is 6.07 Å². The number of rotatable bonds is 8. The number of ether oxygens (including phenoxy) is 1. The molecule has 2 aromatic carbocycles. The molecule has 0 bridgehead atoms. The topological polar surface area (TPSA) is 97.6 Å². The summed E-state index contributed by atoms with van der Waals surface area (Å²) in [5, 5.41) is 14.3. The molecule has 1 fully saturated rings. The SMILES string of the molecule is O=C(NCc1ccc(OCc2ccccn2)cc1)C1CCN(c2ccccc2[N+](=O)[O-])CC1. The highest BCUT2D eigenvalue weighted by atomic mass is 16.6. The smallest absolute Gasteiger partial charge is 0.292 e. The van der Waals surface area contributed by atoms with Gasteiger partial charge in [0.15, 0.2) is 0 Å². The summed E-state index contributed by atoms with van der Waals surface area (Å²) in [6.07, 6.45) is 3.07. The fourth-order valence-electron chi connectivity index (χ4n) is 3.95. The van der Waals surface area contributed by atoms with Gasteiger partial charge >= 0.3 is 0 Å². The van der Waals surface area contributed by atoms with E-state index in [-0.39, 0.29) is 22.4 Å². The number of benzene rings is 2. The highest BCUT2D eigenvalue weighted by molar-refractivity contribution is 5.79. The van der Waals surface area contributed by atoms with Gasteiger partial charge in [0.2, 0.25) is 5.91 Å². The maximum Gasteiger partial charge on any atom is 0.292 e. The summed E-state index contributed by atoms with van der Waals surface area (Å²) in [5.74, 6) is 0.677. The van der Waals surface area contributed by atoms with Crippen molar-refractivity contribution in [2.75, 3.05) is 18.0 Å². The molecule has 0 saturated carbocycles. The van der Waals surface area contributed by atoms with E-state index in [9.17, 15) is 14.9 Å². The van der Waals surface area contributed by atoms with Gasteiger partial charge in [-0.05, 0) is 48.7 Å². The number of aromatic nitrogens is 1. The van der Waals surface area contributed by atoms with Crippen LogP contribution in [0.3, 0.4) is 0 Å². The maximum atomic E-state index is 12.6. The van der Waals surface area contributed by atoms with Crippen LogP contribution in [0.15, 0.2) is 72.9 Å². The van der Waals surface area contributed by atoms with Crippen molar-refractivity contribution in [3.05, 3.63) is 94.3 Å². The van der Waals surface area contributed by atoms with E-state index in [0.29, 0.717) is 44.8 Å². The minimum Gasteiger partial charge on any atom is -0.487 e. The fourth-order valence-corrected chi connectivity index (χ4v) is 3.95. The molecule has 1 amide bonds. The summed E-state index contributed by atoms with van der Waals surface area (Å²) in [7, 11) is 0. The number of carbonyl (C=O) groups is 1. The van der Waals surface area contributed by atoms with Crippen LogP contribution >= 0.6 is 0 Å². The van der Waals surface area contributed by atoms with Gasteiger partial charge in [-0.25, -0.2) is 0 Å². The lowest BCUT2D eigenvalue weighted by Crippen LogP contribution is -2.40. The average Bonchev–Trinajstić information content (AvgIpc) is 2.87. The lowest BCUT2D eigenvalue weighted by Gasteiger charge is -2.32. The van der Waals surface area contributed by atoms with Crippen LogP contribution in [-0.4, -0.2) is 28.9 Å². The zero-order chi connectivity index (χ0) is 23.0. The van der Waals surface area contributed by atoms with Crippen molar-refractivity contribution in [3.63, 3.8) is 0 Å². The molecule has 8 heteroatoms. The molecule has 1 aromatic heterocycles. The Morgan fingerprint density at radius 1 is 1.06 bits per heavy atom. The number of pyridine rings is 1. The Morgan fingerprint density at radius 3 is 2.48 bits per heavy atom. The number of piperidine rings is 1. The van der Waals surface area contributed by atoms with Gasteiger partial charge < -0.3 is 15.0 Å². The normalized spacial score (nSPS) is 14.0. The third-order valence-electron chi connectivity index (χ3n) is 5.79. The van der Waals surface area contributed by atoms with Crippen molar-refractivity contribution in [1.29, 1.82) is 0 Å². The summed E-state index contributed by atoms with van der Waals surface area (Å²) in [6, 6.07) is 20.1. The zero-order valence-corrected chi connectivity index (χ0v) is 18.2. The molecule has 1 saturated heterocycles. The second kappa shape index (κ2) is 10.6. The average molecular weight is 447 g/mol. The third-order valence-corrected chi connectivity index (χ3v) is 5.79. The van der Waals surface area contributed by atoms with Gasteiger partial charge in [-0.2, -0.15) is 0 Å². The molecule has 3 aromatic rings. The first-order valence-electron chi connectivity index (χ1n) is 11.0. The standard InChI is InChI=1S/C25H26N4O4/c30-25(20-12-15-28(16-13-20)23-6-1-2-7-24(23)29(31)32)27-17-19-8-10-22(11-9-19)33-18-21-5-3-4-14-26-21/h1-11,14,20H,12-13,15-18H2,(H,27,30). The molecule has 0 unspecified atom stereocenters. The summed E-state index contributed by atoms with van der Waals surface area (Å²) in [5.41, 5.74) is 2.58. The van der Waals surface area contributed by atoms with Crippen molar-refractivity contribution in [1.82, 2.24) is 10.3 Å². The van der Waals surface area contributed by atoms with E-state index in [1.54, 1.807) is 24.4 Å². The molecule has 1 aliphatic heterocycles. The number of amides is 1. The zero-order valence-electron chi connectivity index (χ0n) is 18.2. The second-order valence-corrected chi connectivity index (χ2v) is 7.98. The Bertz CT molecular complexity index is 1080. The number of nitrogens with zero attached hydrogens (tertiary/aromatic N) is 3. The summed E-state index contributed by atoms with van der Waals surface area (Å²) < 4.78 is 5.74. The van der Waals surface area contributed by atoms with Crippen molar-refractivity contribution in [3.8, 4) is 5.75 Å². The van der Waals surface area contributed by atoms with Gasteiger partial charge in [0.1, 0.15) is 18.0 Å². The Labute approximate surface area is 192 Å². The molecule has 8 nitrogen and oxygen atoms in total. The van der Waals surface area contributed by atoms with Gasteiger partial charge in [-0.3, -0.25) is 19.9 Å². The second-order valence-electron chi connectivity index (χ2n) is 7.98. The Morgan fingerprint density at radius 2 is 1.79 bits per heavy atom. The molecule has 33 heavy (non-hydrogen) atoms. The molecule has 0 aliphatic carbocycles. The van der Waals surface area contributed by atoms with Crippen LogP contribution in [0, 0.1) is 16.0 Å². The maximum absolute atomic E-state index is 12.6. The molecule has 4 rings (SSSR count). The van der Waals surface area contributed by atoms with Gasteiger partial charge in [0, 0.05) is 37.8 Å². The number of anilines is 1. The molecule has 0 radical (unpaired) electrons. The summed E-state index contributed by atoms with van der Waals surface area (Å²) >= 11 is 0. The van der Waals surface area contributed by atoms with Crippen molar-refractivity contribution >= 4 is 17.3 Å². The van der Waals surface area contributed by atoms with Gasteiger partial charge in [0.25, 0.3) is 5.69 Å². The Balaban J connectivity index is 1.23. The number of nitrogens with one attached hydrogen (secondary N) is 1. The van der Waals surface area contributed by atoms with Crippen LogP contribution in [0.1, 0.15) is 24.1 Å². The van der Waals surface area contributed by atoms with E-state index >= 15 is 0 Å². The van der Waals surface area contributed by atoms with Crippen LogP contribution in [0.25, 0.3) is 0 Å². The quantitative estimate of drug-likeness (QED) is 0.413. The predicted molar refractivity (Wildman–Crippen MR) is 125 cm³/mol. The number of hydrogen-bond donors (Lipinski definition) is 1. The minimum absolute atomic E-state index is 0.0210. The van der Waals surface area contributed by atoms with E-state index in [1.807, 2.05) is 47.4 Å². The number of hydrogen-bond acceptors (Lipinski definition) is 6. The minimum atomic E-state index is -0.358. The summed E-state index contributed by atoms with van der Waals surface area (Å²) in [6.45, 7) is 2.09. The number of para-hydroxylation sites is 2. The van der Waals surface area contributed by atoms with E-state index in [2.05, 4.69) is 10.3 Å². The molecule has 170 valence electrons. The van der Waals surface area contributed by atoms with Crippen molar-refractivity contribution in [2.24, 2.45) is 5.92 Å². The van der Waals surface area contributed by atoms with Crippen molar-refractivity contribution < 1.29 is 14.5 Å². The van der Waals surface area contributed by atoms with Crippen LogP contribution in [0.5, 0.6) is 5.75 Å². The number of carbonyl (C=O) groups excluding carboxylic acids is 1. The summed E-state index contributed by atoms with van der Waals surface area (Å²) in [4.78, 5) is 29.8. The first-order valence-corrected chi connectivity index (χ1v) is 11.0. The van der Waals surface area contributed by atoms with Crippen LogP contribution in [-0.2, 0) is 17.9 Å². The molecule has 1 N–H and O–H groups in total. The molecular weight excluding hydrogens is 420 g/mol. The first-order chi connectivity index (χ1) is 16.1. The van der Waals surface area contributed by atoms with E-state index < -0.39 is 0 Å². The van der Waals surface area contributed by atoms with Crippen molar-refractivity contribution in [2.45, 2.75) is 26.0 Å². The van der Waals surface area contributed by atoms with E-state index in [0.717, 1.165) is 17.0 Å². The predicted octanol–water partition coefficient (Wildman–Crippen LogP) is 4.10. The number of nitro groups is 1. The molecule has 0 spiro atoms. The highest BCUT2D eigenvalue weighted by Gasteiger charge is 2.27. The number of nitro benzene ring substituents is 1. The molecule has 2 heterocycles. The monoisotopic (exact) mass is 446 g/mol.